The molecule has 5 rings (SSSR count). The molecule has 3 heterocycles. The molecule has 7 nitrogen and oxygen atoms in total. The van der Waals surface area contributed by atoms with Crippen LogP contribution in [0.1, 0.15) is 52.1 Å². The van der Waals surface area contributed by atoms with E-state index in [4.69, 9.17) is 13.9 Å². The standard InChI is InChI=1S/C26H24N2O5S/c1-5-31-17-9-7-8-16(12-17)22-21-23(29)19-11-10-18(32-6-2)13-20(19)33-24(21)25(30)28(22)26-27-14(3)15(4)34-26/h7-13,22H,5-6H2,1-4H3. The summed E-state index contributed by atoms with van der Waals surface area (Å²) in [6, 6.07) is 11.9. The van der Waals surface area contributed by atoms with Crippen molar-refractivity contribution in [1.29, 1.82) is 0 Å². The summed E-state index contributed by atoms with van der Waals surface area (Å²) in [5.74, 6) is 0.881. The molecule has 1 amide bonds. The molecule has 0 aliphatic carbocycles. The smallest absolute Gasteiger partial charge is 0.297 e. The van der Waals surface area contributed by atoms with Crippen LogP contribution in [0, 0.1) is 13.8 Å². The van der Waals surface area contributed by atoms with E-state index in [1.165, 1.54) is 11.3 Å². The highest BCUT2D eigenvalue weighted by Gasteiger charge is 2.45. The third-order valence-corrected chi connectivity index (χ3v) is 6.93. The first-order valence-corrected chi connectivity index (χ1v) is 12.0. The summed E-state index contributed by atoms with van der Waals surface area (Å²) in [5, 5.41) is 0.922. The molecule has 0 bridgehead atoms. The number of hydrogen-bond donors (Lipinski definition) is 0. The average molecular weight is 477 g/mol. The first-order valence-electron chi connectivity index (χ1n) is 11.2. The van der Waals surface area contributed by atoms with Gasteiger partial charge in [-0.2, -0.15) is 0 Å². The maximum Gasteiger partial charge on any atom is 0.297 e. The third kappa shape index (κ3) is 3.54. The Morgan fingerprint density at radius 1 is 1.03 bits per heavy atom. The third-order valence-electron chi connectivity index (χ3n) is 5.86. The average Bonchev–Trinajstić information content (AvgIpc) is 3.30. The van der Waals surface area contributed by atoms with Crippen molar-refractivity contribution in [3.63, 3.8) is 0 Å². The van der Waals surface area contributed by atoms with E-state index in [2.05, 4.69) is 4.98 Å². The summed E-state index contributed by atoms with van der Waals surface area (Å²) >= 11 is 1.42. The molecule has 0 spiro atoms. The molecule has 0 fully saturated rings. The molecule has 8 heteroatoms. The van der Waals surface area contributed by atoms with Crippen LogP contribution < -0.4 is 19.8 Å². The van der Waals surface area contributed by atoms with Crippen LogP contribution in [0.2, 0.25) is 0 Å². The number of rotatable bonds is 6. The summed E-state index contributed by atoms with van der Waals surface area (Å²) < 4.78 is 17.3. The minimum Gasteiger partial charge on any atom is -0.494 e. The van der Waals surface area contributed by atoms with Gasteiger partial charge in [0.2, 0.25) is 5.76 Å². The van der Waals surface area contributed by atoms with Crippen LogP contribution in [0.5, 0.6) is 11.5 Å². The number of thiazole rings is 1. The molecule has 174 valence electrons. The van der Waals surface area contributed by atoms with Crippen LogP contribution in [0.4, 0.5) is 5.13 Å². The number of ether oxygens (including phenoxy) is 2. The number of hydrogen-bond acceptors (Lipinski definition) is 7. The van der Waals surface area contributed by atoms with E-state index in [9.17, 15) is 9.59 Å². The largest absolute Gasteiger partial charge is 0.494 e. The molecule has 0 saturated heterocycles. The first-order chi connectivity index (χ1) is 16.4. The highest BCUT2D eigenvalue weighted by atomic mass is 32.1. The van der Waals surface area contributed by atoms with Crippen LogP contribution in [-0.2, 0) is 0 Å². The minimum absolute atomic E-state index is 0.0310. The normalized spacial score (nSPS) is 15.1. The quantitative estimate of drug-likeness (QED) is 0.370. The van der Waals surface area contributed by atoms with Crippen molar-refractivity contribution in [2.45, 2.75) is 33.7 Å². The Kier molecular flexibility index (Phi) is 5.61. The molecule has 4 aromatic rings. The maximum absolute atomic E-state index is 13.8. The van der Waals surface area contributed by atoms with E-state index in [1.807, 2.05) is 52.0 Å². The fraction of sp³-hybridized carbons (Fsp3) is 0.269. The second kappa shape index (κ2) is 8.61. The summed E-state index contributed by atoms with van der Waals surface area (Å²) in [6.07, 6.45) is 0. The molecule has 0 radical (unpaired) electrons. The van der Waals surface area contributed by atoms with Crippen molar-refractivity contribution in [3.8, 4) is 11.5 Å². The lowest BCUT2D eigenvalue weighted by atomic mass is 9.98. The van der Waals surface area contributed by atoms with E-state index in [0.29, 0.717) is 46.4 Å². The molecule has 1 aliphatic rings. The van der Waals surface area contributed by atoms with Crippen molar-refractivity contribution in [2.24, 2.45) is 0 Å². The SMILES string of the molecule is CCOc1cccc(C2c3c(oc4cc(OCC)ccc4c3=O)C(=O)N2c2nc(C)c(C)s2)c1. The van der Waals surface area contributed by atoms with Crippen LogP contribution >= 0.6 is 11.3 Å². The van der Waals surface area contributed by atoms with E-state index in [0.717, 1.165) is 16.1 Å². The number of aromatic nitrogens is 1. The lowest BCUT2D eigenvalue weighted by Crippen LogP contribution is -2.29. The van der Waals surface area contributed by atoms with E-state index in [-0.39, 0.29) is 11.2 Å². The molecule has 1 atom stereocenters. The van der Waals surface area contributed by atoms with Gasteiger partial charge in [0.15, 0.2) is 10.6 Å². The van der Waals surface area contributed by atoms with Crippen molar-refractivity contribution in [2.75, 3.05) is 18.1 Å². The number of nitrogens with zero attached hydrogens (tertiary/aromatic N) is 2. The van der Waals surface area contributed by atoms with Gasteiger partial charge in [0.25, 0.3) is 5.91 Å². The zero-order chi connectivity index (χ0) is 24.0. The fourth-order valence-electron chi connectivity index (χ4n) is 4.22. The van der Waals surface area contributed by atoms with Gasteiger partial charge in [0.05, 0.1) is 35.9 Å². The van der Waals surface area contributed by atoms with Crippen molar-refractivity contribution in [1.82, 2.24) is 4.98 Å². The molecular weight excluding hydrogens is 452 g/mol. The van der Waals surface area contributed by atoms with E-state index in [1.54, 1.807) is 23.1 Å². The summed E-state index contributed by atoms with van der Waals surface area (Å²) in [5.41, 5.74) is 1.98. The predicted molar refractivity (Wildman–Crippen MR) is 132 cm³/mol. The van der Waals surface area contributed by atoms with Crippen molar-refractivity contribution in [3.05, 3.63) is 80.1 Å². The molecule has 2 aromatic carbocycles. The zero-order valence-electron chi connectivity index (χ0n) is 19.4. The Balaban J connectivity index is 1.76. The molecule has 0 saturated carbocycles. The van der Waals surface area contributed by atoms with E-state index >= 15 is 0 Å². The summed E-state index contributed by atoms with van der Waals surface area (Å²) in [4.78, 5) is 34.7. The number of benzene rings is 2. The number of fused-ring (bicyclic) bond motifs is 2. The number of amides is 1. The Bertz CT molecular complexity index is 1450. The van der Waals surface area contributed by atoms with Crippen LogP contribution in [0.3, 0.4) is 0 Å². The first kappa shape index (κ1) is 22.2. The molecule has 1 unspecified atom stereocenters. The number of carbonyl (C=O) groups is 1. The zero-order valence-corrected chi connectivity index (χ0v) is 20.2. The number of carbonyl (C=O) groups excluding carboxylic acids is 1. The summed E-state index contributed by atoms with van der Waals surface area (Å²) in [6.45, 7) is 8.64. The highest BCUT2D eigenvalue weighted by Crippen LogP contribution is 2.43. The van der Waals surface area contributed by atoms with Gasteiger partial charge in [-0.05, 0) is 57.5 Å². The van der Waals surface area contributed by atoms with Gasteiger partial charge in [0, 0.05) is 10.9 Å². The Labute approximate surface area is 200 Å². The lowest BCUT2D eigenvalue weighted by molar-refractivity contribution is 0.0970. The second-order valence-corrected chi connectivity index (χ2v) is 9.17. The molecule has 2 aromatic heterocycles. The Morgan fingerprint density at radius 3 is 2.44 bits per heavy atom. The van der Waals surface area contributed by atoms with Gasteiger partial charge < -0.3 is 13.9 Å². The van der Waals surface area contributed by atoms with Gasteiger partial charge in [-0.25, -0.2) is 4.98 Å². The van der Waals surface area contributed by atoms with Crippen LogP contribution in [0.15, 0.2) is 51.7 Å². The van der Waals surface area contributed by atoms with Crippen molar-refractivity contribution < 1.29 is 18.7 Å². The Morgan fingerprint density at radius 2 is 1.76 bits per heavy atom. The number of aryl methyl sites for hydroxylation is 2. The monoisotopic (exact) mass is 476 g/mol. The topological polar surface area (TPSA) is 81.9 Å². The molecular formula is C26H24N2O5S. The molecule has 0 N–H and O–H groups in total. The van der Waals surface area contributed by atoms with Crippen LogP contribution in [-0.4, -0.2) is 24.1 Å². The maximum atomic E-state index is 13.8. The second-order valence-electron chi connectivity index (χ2n) is 7.99. The molecule has 1 aliphatic heterocycles. The van der Waals surface area contributed by atoms with Gasteiger partial charge >= 0.3 is 0 Å². The summed E-state index contributed by atoms with van der Waals surface area (Å²) in [7, 11) is 0. The van der Waals surface area contributed by atoms with Gasteiger partial charge in [-0.3, -0.25) is 14.5 Å². The van der Waals surface area contributed by atoms with Gasteiger partial charge in [-0.1, -0.05) is 12.1 Å². The predicted octanol–water partition coefficient (Wildman–Crippen LogP) is 5.41. The van der Waals surface area contributed by atoms with Crippen molar-refractivity contribution >= 4 is 33.3 Å². The van der Waals surface area contributed by atoms with Crippen LogP contribution in [0.25, 0.3) is 11.0 Å². The number of anilines is 1. The Hall–Kier alpha value is -3.65. The highest BCUT2D eigenvalue weighted by molar-refractivity contribution is 7.15. The minimum atomic E-state index is -0.680. The van der Waals surface area contributed by atoms with Gasteiger partial charge in [0.1, 0.15) is 17.1 Å². The lowest BCUT2D eigenvalue weighted by Gasteiger charge is -2.23. The van der Waals surface area contributed by atoms with E-state index < -0.39 is 11.9 Å². The van der Waals surface area contributed by atoms with Gasteiger partial charge in [-0.15, -0.1) is 11.3 Å². The molecule has 34 heavy (non-hydrogen) atoms. The fourth-order valence-corrected chi connectivity index (χ4v) is 5.16.